The van der Waals surface area contributed by atoms with Crippen LogP contribution in [-0.4, -0.2) is 21.3 Å². The molecular formula is C18H40O2Si. The van der Waals surface area contributed by atoms with Crippen LogP contribution in [0.5, 0.6) is 0 Å². The Bertz CT molecular complexity index is 227. The molecule has 0 amide bonds. The lowest BCUT2D eigenvalue weighted by Gasteiger charge is -2.33. The summed E-state index contributed by atoms with van der Waals surface area (Å²) in [7, 11) is -1.97. The molecule has 0 fully saturated rings. The topological polar surface area (TPSA) is 18.5 Å². The smallest absolute Gasteiger partial charge is 0.337 e. The molecule has 0 heterocycles. The second-order valence-electron chi connectivity index (χ2n) is 6.67. The van der Waals surface area contributed by atoms with E-state index in [4.69, 9.17) is 8.85 Å². The van der Waals surface area contributed by atoms with E-state index in [-0.39, 0.29) is 0 Å². The van der Waals surface area contributed by atoms with Crippen LogP contribution in [0.3, 0.4) is 0 Å². The van der Waals surface area contributed by atoms with E-state index in [0.717, 1.165) is 24.6 Å². The first-order chi connectivity index (χ1) is 10.0. The quantitative estimate of drug-likeness (QED) is 0.277. The van der Waals surface area contributed by atoms with Crippen molar-refractivity contribution in [3.05, 3.63) is 0 Å². The number of hydrogen-bond acceptors (Lipinski definition) is 2. The summed E-state index contributed by atoms with van der Waals surface area (Å²) < 4.78 is 13.0. The van der Waals surface area contributed by atoms with Crippen LogP contribution in [0.15, 0.2) is 0 Å². The highest BCUT2D eigenvalue weighted by atomic mass is 28.4. The largest absolute Gasteiger partial charge is 0.394 e. The fraction of sp³-hybridized carbons (Fsp3) is 1.00. The molecule has 0 aliphatic rings. The van der Waals surface area contributed by atoms with E-state index in [2.05, 4.69) is 41.5 Å². The predicted molar refractivity (Wildman–Crippen MR) is 96.0 cm³/mol. The highest BCUT2D eigenvalue weighted by Gasteiger charge is 2.35. The molecule has 0 aliphatic heterocycles. The van der Waals surface area contributed by atoms with Crippen LogP contribution in [0.25, 0.3) is 0 Å². The molecule has 0 aromatic carbocycles. The van der Waals surface area contributed by atoms with Crippen LogP contribution in [-0.2, 0) is 8.85 Å². The molecule has 0 rings (SSSR count). The maximum absolute atomic E-state index is 6.60. The summed E-state index contributed by atoms with van der Waals surface area (Å²) in [5.41, 5.74) is 0. The first-order valence-corrected chi connectivity index (χ1v) is 11.6. The Balaban J connectivity index is 4.44. The fourth-order valence-corrected chi connectivity index (χ4v) is 5.39. The van der Waals surface area contributed by atoms with Gasteiger partial charge in [-0.15, -0.1) is 0 Å². The van der Waals surface area contributed by atoms with Crippen molar-refractivity contribution >= 4 is 8.56 Å². The Hall–Kier alpha value is 0.137. The van der Waals surface area contributed by atoms with Gasteiger partial charge in [0.1, 0.15) is 0 Å². The van der Waals surface area contributed by atoms with Crippen LogP contribution in [0.1, 0.15) is 86.5 Å². The molecule has 0 N–H and O–H groups in total. The van der Waals surface area contributed by atoms with Crippen LogP contribution >= 0.6 is 0 Å². The minimum absolute atomic E-state index is 0.423. The van der Waals surface area contributed by atoms with Crippen molar-refractivity contribution in [3.8, 4) is 0 Å². The summed E-state index contributed by atoms with van der Waals surface area (Å²) in [5, 5.41) is 0. The first-order valence-electron chi connectivity index (χ1n) is 9.35. The van der Waals surface area contributed by atoms with Gasteiger partial charge in [0.05, 0.1) is 0 Å². The summed E-state index contributed by atoms with van der Waals surface area (Å²) in [4.78, 5) is 0. The van der Waals surface area contributed by atoms with Crippen molar-refractivity contribution in [1.82, 2.24) is 0 Å². The van der Waals surface area contributed by atoms with Crippen molar-refractivity contribution in [2.24, 2.45) is 5.92 Å². The standard InChI is InChI=1S/C18H40O2Si/c1-7-11-15-18(13-8-2)20-21(9-3,10-4)19-16-12-14-17(5)6/h17-18H,7-16H2,1-6H3. The summed E-state index contributed by atoms with van der Waals surface area (Å²) in [6.07, 6.45) is 8.97. The van der Waals surface area contributed by atoms with E-state index < -0.39 is 8.56 Å². The molecule has 1 unspecified atom stereocenters. The van der Waals surface area contributed by atoms with Gasteiger partial charge in [-0.2, -0.15) is 0 Å². The van der Waals surface area contributed by atoms with Gasteiger partial charge in [0.15, 0.2) is 0 Å². The Morgan fingerprint density at radius 2 is 1.48 bits per heavy atom. The molecule has 0 aliphatic carbocycles. The van der Waals surface area contributed by atoms with E-state index in [1.165, 1.54) is 44.9 Å². The van der Waals surface area contributed by atoms with Gasteiger partial charge in [0.2, 0.25) is 0 Å². The molecule has 0 saturated carbocycles. The third-order valence-corrected chi connectivity index (χ3v) is 7.89. The molecule has 128 valence electrons. The predicted octanol–water partition coefficient (Wildman–Crippen LogP) is 6.30. The zero-order valence-corrected chi connectivity index (χ0v) is 16.5. The third-order valence-electron chi connectivity index (χ3n) is 4.24. The van der Waals surface area contributed by atoms with Gasteiger partial charge in [-0.1, -0.05) is 60.8 Å². The highest BCUT2D eigenvalue weighted by Crippen LogP contribution is 2.25. The van der Waals surface area contributed by atoms with E-state index in [0.29, 0.717) is 6.10 Å². The summed E-state index contributed by atoms with van der Waals surface area (Å²) in [5.74, 6) is 0.770. The van der Waals surface area contributed by atoms with Crippen molar-refractivity contribution in [3.63, 3.8) is 0 Å². The van der Waals surface area contributed by atoms with E-state index in [9.17, 15) is 0 Å². The SMILES string of the molecule is CCCCC(CCC)O[Si](CC)(CC)OCCCC(C)C. The fourth-order valence-electron chi connectivity index (χ4n) is 2.72. The lowest BCUT2D eigenvalue weighted by atomic mass is 10.1. The minimum Gasteiger partial charge on any atom is -0.394 e. The Kier molecular flexibility index (Phi) is 12.7. The molecule has 21 heavy (non-hydrogen) atoms. The summed E-state index contributed by atoms with van der Waals surface area (Å²) in [6, 6.07) is 2.16. The van der Waals surface area contributed by atoms with Crippen molar-refractivity contribution in [1.29, 1.82) is 0 Å². The molecule has 0 aromatic heterocycles. The Morgan fingerprint density at radius 1 is 0.810 bits per heavy atom. The highest BCUT2D eigenvalue weighted by molar-refractivity contribution is 6.67. The molecule has 1 atom stereocenters. The van der Waals surface area contributed by atoms with Gasteiger partial charge >= 0.3 is 8.56 Å². The Labute approximate surface area is 135 Å². The lowest BCUT2D eigenvalue weighted by molar-refractivity contribution is 0.0967. The molecule has 0 saturated heterocycles. The van der Waals surface area contributed by atoms with Gasteiger partial charge in [-0.05, 0) is 43.7 Å². The monoisotopic (exact) mass is 316 g/mol. The van der Waals surface area contributed by atoms with Crippen LogP contribution in [0.4, 0.5) is 0 Å². The van der Waals surface area contributed by atoms with Crippen LogP contribution in [0.2, 0.25) is 12.1 Å². The molecule has 0 aromatic rings. The van der Waals surface area contributed by atoms with Gasteiger partial charge in [-0.3, -0.25) is 0 Å². The molecule has 2 nitrogen and oxygen atoms in total. The van der Waals surface area contributed by atoms with Crippen molar-refractivity contribution < 1.29 is 8.85 Å². The van der Waals surface area contributed by atoms with Gasteiger partial charge in [0.25, 0.3) is 0 Å². The van der Waals surface area contributed by atoms with E-state index in [1.807, 2.05) is 0 Å². The molecule has 3 heteroatoms. The van der Waals surface area contributed by atoms with E-state index in [1.54, 1.807) is 0 Å². The summed E-state index contributed by atoms with van der Waals surface area (Å²) >= 11 is 0. The molecule has 0 radical (unpaired) electrons. The molecule has 0 spiro atoms. The first kappa shape index (κ1) is 21.1. The summed E-state index contributed by atoms with van der Waals surface area (Å²) in [6.45, 7) is 14.5. The molecule has 0 bridgehead atoms. The maximum atomic E-state index is 6.60. The average molecular weight is 317 g/mol. The average Bonchev–Trinajstić information content (AvgIpc) is 2.47. The van der Waals surface area contributed by atoms with Gasteiger partial charge in [-0.25, -0.2) is 0 Å². The lowest BCUT2D eigenvalue weighted by Crippen LogP contribution is -2.44. The third kappa shape index (κ3) is 9.70. The minimum atomic E-state index is -1.97. The van der Waals surface area contributed by atoms with E-state index >= 15 is 0 Å². The maximum Gasteiger partial charge on any atom is 0.337 e. The van der Waals surface area contributed by atoms with Crippen LogP contribution < -0.4 is 0 Å². The van der Waals surface area contributed by atoms with Gasteiger partial charge < -0.3 is 8.85 Å². The Morgan fingerprint density at radius 3 is 1.95 bits per heavy atom. The van der Waals surface area contributed by atoms with Crippen LogP contribution in [0, 0.1) is 5.92 Å². The zero-order valence-electron chi connectivity index (χ0n) is 15.5. The van der Waals surface area contributed by atoms with Crippen molar-refractivity contribution in [2.45, 2.75) is 105 Å². The van der Waals surface area contributed by atoms with Crippen molar-refractivity contribution in [2.75, 3.05) is 6.61 Å². The number of hydrogen-bond donors (Lipinski definition) is 0. The number of unbranched alkanes of at least 4 members (excludes halogenated alkanes) is 1. The second-order valence-corrected chi connectivity index (χ2v) is 10.4. The normalized spacial score (nSPS) is 13.9. The molecular weight excluding hydrogens is 276 g/mol. The second kappa shape index (κ2) is 12.7. The number of rotatable bonds is 14. The van der Waals surface area contributed by atoms with Gasteiger partial charge in [0, 0.05) is 12.7 Å². The zero-order chi connectivity index (χ0) is 16.1.